The Morgan fingerprint density at radius 3 is 0.737 bits per heavy atom. The summed E-state index contributed by atoms with van der Waals surface area (Å²) in [6.45, 7) is 4.85. The molecule has 0 rings (SSSR count). The SMILES string of the molecule is CCCCCC/C=C\C=C/CCCCCCCC(=O)OC[C@H](COP(=O)(O)OC[C@@H](O)COP(=O)(O)OC[C@@H](COC(=O)CCCCCCCCCC)OC(=O)CCCCCCC/C=C\C=C/CCCCCC)OC(=O)CCCCCCCCCCCCCCCCCCCCCCC. The lowest BCUT2D eigenvalue weighted by Crippen LogP contribution is -2.30. The van der Waals surface area contributed by atoms with E-state index in [-0.39, 0.29) is 25.7 Å². The largest absolute Gasteiger partial charge is 0.472 e. The van der Waals surface area contributed by atoms with E-state index in [9.17, 15) is 43.2 Å². The van der Waals surface area contributed by atoms with E-state index in [2.05, 4.69) is 76.3 Å². The molecule has 580 valence electrons. The number of carbonyl (C=O) groups is 4. The number of esters is 4. The van der Waals surface area contributed by atoms with Gasteiger partial charge in [0.05, 0.1) is 26.4 Å². The van der Waals surface area contributed by atoms with Gasteiger partial charge in [0.1, 0.15) is 19.3 Å². The average Bonchev–Trinajstić information content (AvgIpc) is 1.20. The molecular weight excluding hydrogens is 1290 g/mol. The highest BCUT2D eigenvalue weighted by molar-refractivity contribution is 7.47. The van der Waals surface area contributed by atoms with Crippen LogP contribution in [0.3, 0.4) is 0 Å². The van der Waals surface area contributed by atoms with E-state index in [4.69, 9.17) is 37.0 Å². The molecule has 19 heteroatoms. The van der Waals surface area contributed by atoms with Crippen LogP contribution in [0.1, 0.15) is 381 Å². The summed E-state index contributed by atoms with van der Waals surface area (Å²) in [5.74, 6) is -2.17. The molecular formula is C80H148O17P2. The van der Waals surface area contributed by atoms with Crippen LogP contribution in [0.15, 0.2) is 48.6 Å². The van der Waals surface area contributed by atoms with Crippen molar-refractivity contribution >= 4 is 39.5 Å². The van der Waals surface area contributed by atoms with Crippen molar-refractivity contribution in [2.24, 2.45) is 0 Å². The molecule has 0 fully saturated rings. The number of hydrogen-bond acceptors (Lipinski definition) is 15. The molecule has 2 unspecified atom stereocenters. The Hall–Kier alpha value is -2.98. The van der Waals surface area contributed by atoms with Crippen LogP contribution in [-0.4, -0.2) is 96.7 Å². The predicted molar refractivity (Wildman–Crippen MR) is 404 cm³/mol. The van der Waals surface area contributed by atoms with E-state index in [1.54, 1.807) is 0 Å². The summed E-state index contributed by atoms with van der Waals surface area (Å²) in [4.78, 5) is 72.8. The van der Waals surface area contributed by atoms with Gasteiger partial charge < -0.3 is 33.8 Å². The van der Waals surface area contributed by atoms with E-state index >= 15 is 0 Å². The molecule has 0 aliphatic heterocycles. The molecule has 0 spiro atoms. The molecule has 0 aromatic heterocycles. The number of rotatable bonds is 77. The summed E-state index contributed by atoms with van der Waals surface area (Å²) in [5.41, 5.74) is 0. The molecule has 5 atom stereocenters. The van der Waals surface area contributed by atoms with Gasteiger partial charge in [-0.05, 0) is 77.0 Å². The Bertz CT molecular complexity index is 2070. The highest BCUT2D eigenvalue weighted by atomic mass is 31.2. The van der Waals surface area contributed by atoms with Gasteiger partial charge in [0.2, 0.25) is 0 Å². The zero-order valence-corrected chi connectivity index (χ0v) is 65.2. The Morgan fingerprint density at radius 1 is 0.283 bits per heavy atom. The summed E-state index contributed by atoms with van der Waals surface area (Å²) < 4.78 is 68.5. The molecule has 0 saturated heterocycles. The lowest BCUT2D eigenvalue weighted by Gasteiger charge is -2.21. The Balaban J connectivity index is 5.25. The number of phosphoric ester groups is 2. The van der Waals surface area contributed by atoms with Crippen LogP contribution in [-0.2, 0) is 65.4 Å². The molecule has 17 nitrogen and oxygen atoms in total. The van der Waals surface area contributed by atoms with Gasteiger partial charge >= 0.3 is 39.5 Å². The normalized spacial score (nSPS) is 14.1. The van der Waals surface area contributed by atoms with E-state index in [0.29, 0.717) is 25.7 Å². The van der Waals surface area contributed by atoms with Crippen LogP contribution in [0.5, 0.6) is 0 Å². The zero-order valence-electron chi connectivity index (χ0n) is 63.4. The van der Waals surface area contributed by atoms with Gasteiger partial charge in [-0.25, -0.2) is 9.13 Å². The third-order valence-electron chi connectivity index (χ3n) is 17.6. The number of carbonyl (C=O) groups excluding carboxylic acids is 4. The minimum Gasteiger partial charge on any atom is -0.462 e. The maximum Gasteiger partial charge on any atom is 0.472 e. The fraction of sp³-hybridized carbons (Fsp3) is 0.850. The van der Waals surface area contributed by atoms with Crippen LogP contribution in [0.25, 0.3) is 0 Å². The number of aliphatic hydroxyl groups excluding tert-OH is 1. The Labute approximate surface area is 604 Å². The minimum atomic E-state index is -4.97. The molecule has 0 aliphatic carbocycles. The standard InChI is InChI=1S/C80H148O17P2/c1-5-9-13-17-21-25-28-31-34-35-36-37-38-39-42-45-48-51-55-59-63-67-80(85)97-76(71-91-78(83)65-61-57-53-49-46-43-40-32-29-26-22-18-14-10-6-2)73-95-99(88,89)93-69-74(81)68-92-98(86,87)94-72-75(70-90-77(82)64-60-56-52-24-20-16-12-8-4)96-79(84)66-62-58-54-50-47-44-41-33-30-27-23-19-15-11-7-3/h26-27,29-30,32-33,40-41,74-76,81H,5-25,28,31,34-39,42-73H2,1-4H3,(H,86,87)(H,88,89)/b29-26-,30-27-,40-32-,41-33-/t74-,75+,76+/m0/s1. The van der Waals surface area contributed by atoms with E-state index in [0.717, 1.165) is 128 Å². The number of allylic oxidation sites excluding steroid dienone is 8. The van der Waals surface area contributed by atoms with Crippen molar-refractivity contribution in [2.75, 3.05) is 39.6 Å². The first kappa shape index (κ1) is 96.0. The molecule has 99 heavy (non-hydrogen) atoms. The first-order chi connectivity index (χ1) is 48.2. The number of ether oxygens (including phenoxy) is 4. The summed E-state index contributed by atoms with van der Waals surface area (Å²) >= 11 is 0. The van der Waals surface area contributed by atoms with Crippen LogP contribution in [0.2, 0.25) is 0 Å². The molecule has 3 N–H and O–H groups in total. The summed E-state index contributed by atoms with van der Waals surface area (Å²) in [5, 5.41) is 10.6. The molecule has 0 aromatic rings. The lowest BCUT2D eigenvalue weighted by atomic mass is 10.0. The Morgan fingerprint density at radius 2 is 0.485 bits per heavy atom. The van der Waals surface area contributed by atoms with Gasteiger partial charge in [-0.2, -0.15) is 0 Å². The van der Waals surface area contributed by atoms with E-state index in [1.165, 1.54) is 173 Å². The van der Waals surface area contributed by atoms with Gasteiger partial charge in [-0.3, -0.25) is 37.3 Å². The average molecular weight is 1440 g/mol. The van der Waals surface area contributed by atoms with Crippen molar-refractivity contribution in [3.63, 3.8) is 0 Å². The summed E-state index contributed by atoms with van der Waals surface area (Å²) in [6.07, 6.45) is 71.1. The first-order valence-corrected chi connectivity index (χ1v) is 43.4. The van der Waals surface area contributed by atoms with Crippen LogP contribution >= 0.6 is 15.6 Å². The monoisotopic (exact) mass is 1440 g/mol. The quantitative estimate of drug-likeness (QED) is 0.0169. The number of phosphoric acid groups is 2. The topological polar surface area (TPSA) is 237 Å². The molecule has 0 saturated carbocycles. The highest BCUT2D eigenvalue weighted by Gasteiger charge is 2.30. The third kappa shape index (κ3) is 73.1. The zero-order chi connectivity index (χ0) is 72.5. The minimum absolute atomic E-state index is 0.0830. The second kappa shape index (κ2) is 73.3. The maximum atomic E-state index is 13.1. The van der Waals surface area contributed by atoms with Crippen molar-refractivity contribution in [1.29, 1.82) is 0 Å². The van der Waals surface area contributed by atoms with Crippen molar-refractivity contribution in [3.05, 3.63) is 48.6 Å². The number of aliphatic hydroxyl groups is 1. The Kier molecular flexibility index (Phi) is 71.1. The van der Waals surface area contributed by atoms with Gasteiger partial charge in [0.15, 0.2) is 12.2 Å². The second-order valence-electron chi connectivity index (χ2n) is 27.4. The number of unbranched alkanes of at least 4 members (excludes halogenated alkanes) is 45. The summed E-state index contributed by atoms with van der Waals surface area (Å²) in [7, 11) is -9.94. The second-order valence-corrected chi connectivity index (χ2v) is 30.3. The van der Waals surface area contributed by atoms with Gasteiger partial charge in [0, 0.05) is 25.7 Å². The molecule has 0 aliphatic rings. The third-order valence-corrected chi connectivity index (χ3v) is 19.5. The molecule has 0 aromatic carbocycles. The van der Waals surface area contributed by atoms with Crippen molar-refractivity contribution < 1.29 is 80.2 Å². The fourth-order valence-electron chi connectivity index (χ4n) is 11.4. The van der Waals surface area contributed by atoms with Gasteiger partial charge in [-0.1, -0.05) is 327 Å². The molecule has 0 bridgehead atoms. The molecule has 0 heterocycles. The van der Waals surface area contributed by atoms with Crippen molar-refractivity contribution in [1.82, 2.24) is 0 Å². The smallest absolute Gasteiger partial charge is 0.462 e. The molecule has 0 amide bonds. The van der Waals surface area contributed by atoms with Crippen LogP contribution in [0.4, 0.5) is 0 Å². The molecule has 0 radical (unpaired) electrons. The van der Waals surface area contributed by atoms with Crippen LogP contribution in [0, 0.1) is 0 Å². The van der Waals surface area contributed by atoms with E-state index < -0.39 is 97.5 Å². The predicted octanol–water partition coefficient (Wildman–Crippen LogP) is 23.3. The van der Waals surface area contributed by atoms with Crippen molar-refractivity contribution in [3.8, 4) is 0 Å². The van der Waals surface area contributed by atoms with E-state index in [1.807, 2.05) is 0 Å². The van der Waals surface area contributed by atoms with Crippen molar-refractivity contribution in [2.45, 2.75) is 399 Å². The maximum absolute atomic E-state index is 13.1. The fourth-order valence-corrected chi connectivity index (χ4v) is 13.0. The van der Waals surface area contributed by atoms with Gasteiger partial charge in [-0.15, -0.1) is 0 Å². The summed E-state index contributed by atoms with van der Waals surface area (Å²) in [6, 6.07) is 0. The first-order valence-electron chi connectivity index (χ1n) is 40.4. The van der Waals surface area contributed by atoms with Crippen LogP contribution < -0.4 is 0 Å². The number of hydrogen-bond donors (Lipinski definition) is 3. The van der Waals surface area contributed by atoms with Gasteiger partial charge in [0.25, 0.3) is 0 Å². The highest BCUT2D eigenvalue weighted by Crippen LogP contribution is 2.45. The lowest BCUT2D eigenvalue weighted by molar-refractivity contribution is -0.161.